The molecule has 1 aliphatic carbocycles. The fraction of sp³-hybridized carbons (Fsp3) is 0.615. The molecule has 0 aromatic carbocycles. The first-order chi connectivity index (χ1) is 8.77. The molecule has 2 fully saturated rings. The van der Waals surface area contributed by atoms with Gasteiger partial charge in [-0.2, -0.15) is 0 Å². The SMILES string of the molecule is Nc1cncc(Br)c1N1CCOC2CCCCC21. The molecule has 1 aliphatic heterocycles. The maximum absolute atomic E-state index is 6.10. The van der Waals surface area contributed by atoms with E-state index in [4.69, 9.17) is 10.5 Å². The van der Waals surface area contributed by atoms with Gasteiger partial charge in [0.15, 0.2) is 0 Å². The van der Waals surface area contributed by atoms with E-state index in [0.717, 1.165) is 29.0 Å². The normalized spacial score (nSPS) is 27.9. The van der Waals surface area contributed by atoms with E-state index in [2.05, 4.69) is 25.8 Å². The molecule has 0 radical (unpaired) electrons. The van der Waals surface area contributed by atoms with Crippen LogP contribution in [0.1, 0.15) is 25.7 Å². The third-order valence-electron chi connectivity index (χ3n) is 3.92. The third-order valence-corrected chi connectivity index (χ3v) is 4.50. The van der Waals surface area contributed by atoms with Crippen LogP contribution in [0, 0.1) is 0 Å². The molecule has 2 heterocycles. The summed E-state index contributed by atoms with van der Waals surface area (Å²) in [6.45, 7) is 1.70. The van der Waals surface area contributed by atoms with Gasteiger partial charge in [-0.25, -0.2) is 0 Å². The van der Waals surface area contributed by atoms with Crippen molar-refractivity contribution in [3.05, 3.63) is 16.9 Å². The Bertz CT molecular complexity index is 418. The number of pyridine rings is 1. The zero-order valence-corrected chi connectivity index (χ0v) is 11.9. The van der Waals surface area contributed by atoms with Crippen molar-refractivity contribution >= 4 is 27.3 Å². The van der Waals surface area contributed by atoms with Crippen molar-refractivity contribution < 1.29 is 4.74 Å². The van der Waals surface area contributed by atoms with Crippen molar-refractivity contribution in [1.29, 1.82) is 0 Å². The molecule has 1 saturated carbocycles. The van der Waals surface area contributed by atoms with Gasteiger partial charge >= 0.3 is 0 Å². The number of morpholine rings is 1. The van der Waals surface area contributed by atoms with Gasteiger partial charge in [-0.05, 0) is 28.8 Å². The largest absolute Gasteiger partial charge is 0.396 e. The van der Waals surface area contributed by atoms with Crippen LogP contribution in [0.2, 0.25) is 0 Å². The number of nitrogens with two attached hydrogens (primary N) is 1. The van der Waals surface area contributed by atoms with Crippen LogP contribution in [0.5, 0.6) is 0 Å². The van der Waals surface area contributed by atoms with Crippen molar-refractivity contribution in [2.75, 3.05) is 23.8 Å². The number of ether oxygens (including phenoxy) is 1. The Morgan fingerprint density at radius 1 is 1.33 bits per heavy atom. The molecule has 1 aromatic rings. The molecular weight excluding hydrogens is 294 g/mol. The summed E-state index contributed by atoms with van der Waals surface area (Å²) in [6.07, 6.45) is 8.84. The molecule has 2 aliphatic rings. The molecule has 1 aromatic heterocycles. The minimum absolute atomic E-state index is 0.368. The Labute approximate surface area is 116 Å². The van der Waals surface area contributed by atoms with Gasteiger partial charge < -0.3 is 15.4 Å². The maximum Gasteiger partial charge on any atom is 0.0780 e. The van der Waals surface area contributed by atoms with E-state index in [1.165, 1.54) is 25.7 Å². The number of fused-ring (bicyclic) bond motifs is 1. The quantitative estimate of drug-likeness (QED) is 0.866. The zero-order chi connectivity index (χ0) is 12.5. The molecule has 4 nitrogen and oxygen atoms in total. The number of rotatable bonds is 1. The number of hydrogen-bond donors (Lipinski definition) is 1. The molecule has 2 atom stereocenters. The molecule has 5 heteroatoms. The second-order valence-corrected chi connectivity index (χ2v) is 5.87. The average Bonchev–Trinajstić information content (AvgIpc) is 2.39. The van der Waals surface area contributed by atoms with Crippen LogP contribution in [0.25, 0.3) is 0 Å². The summed E-state index contributed by atoms with van der Waals surface area (Å²) in [5.41, 5.74) is 7.93. The van der Waals surface area contributed by atoms with Crippen molar-refractivity contribution in [1.82, 2.24) is 4.98 Å². The van der Waals surface area contributed by atoms with Crippen LogP contribution in [-0.2, 0) is 4.74 Å². The van der Waals surface area contributed by atoms with Gasteiger partial charge in [0.05, 0.1) is 40.8 Å². The maximum atomic E-state index is 6.10. The molecule has 2 unspecified atom stereocenters. The number of hydrogen-bond acceptors (Lipinski definition) is 4. The summed E-state index contributed by atoms with van der Waals surface area (Å²) in [7, 11) is 0. The first kappa shape index (κ1) is 12.2. The van der Waals surface area contributed by atoms with Crippen LogP contribution >= 0.6 is 15.9 Å². The Kier molecular flexibility index (Phi) is 3.43. The van der Waals surface area contributed by atoms with E-state index in [1.807, 2.05) is 6.20 Å². The summed E-state index contributed by atoms with van der Waals surface area (Å²) in [4.78, 5) is 6.52. The molecule has 0 bridgehead atoms. The first-order valence-corrected chi connectivity index (χ1v) is 7.34. The highest BCUT2D eigenvalue weighted by atomic mass is 79.9. The second-order valence-electron chi connectivity index (χ2n) is 5.01. The van der Waals surface area contributed by atoms with E-state index in [1.54, 1.807) is 6.20 Å². The molecule has 1 saturated heterocycles. The number of halogens is 1. The zero-order valence-electron chi connectivity index (χ0n) is 10.3. The first-order valence-electron chi connectivity index (χ1n) is 6.54. The van der Waals surface area contributed by atoms with Crippen molar-refractivity contribution in [2.45, 2.75) is 37.8 Å². The lowest BCUT2D eigenvalue weighted by Gasteiger charge is -2.45. The third kappa shape index (κ3) is 2.10. The van der Waals surface area contributed by atoms with Crippen molar-refractivity contribution in [3.63, 3.8) is 0 Å². The van der Waals surface area contributed by atoms with Crippen LogP contribution < -0.4 is 10.6 Å². The fourth-order valence-electron chi connectivity index (χ4n) is 3.12. The Balaban J connectivity index is 1.94. The summed E-state index contributed by atoms with van der Waals surface area (Å²) in [5, 5.41) is 0. The van der Waals surface area contributed by atoms with E-state index < -0.39 is 0 Å². The molecule has 18 heavy (non-hydrogen) atoms. The molecule has 2 N–H and O–H groups in total. The van der Waals surface area contributed by atoms with Gasteiger partial charge in [-0.3, -0.25) is 4.98 Å². The Hall–Kier alpha value is -0.810. The van der Waals surface area contributed by atoms with Crippen LogP contribution in [0.15, 0.2) is 16.9 Å². The summed E-state index contributed by atoms with van der Waals surface area (Å²) in [6, 6.07) is 0.466. The highest BCUT2D eigenvalue weighted by Crippen LogP contribution is 2.38. The number of anilines is 2. The van der Waals surface area contributed by atoms with Crippen LogP contribution in [0.4, 0.5) is 11.4 Å². The van der Waals surface area contributed by atoms with Crippen LogP contribution in [0.3, 0.4) is 0 Å². The lowest BCUT2D eigenvalue weighted by molar-refractivity contribution is -0.00867. The lowest BCUT2D eigenvalue weighted by atomic mass is 9.90. The topological polar surface area (TPSA) is 51.4 Å². The predicted octanol–water partition coefficient (Wildman–Crippen LogP) is 2.57. The molecular formula is C13H18BrN3O. The molecule has 0 amide bonds. The summed E-state index contributed by atoms with van der Waals surface area (Å²) >= 11 is 3.57. The van der Waals surface area contributed by atoms with Crippen LogP contribution in [-0.4, -0.2) is 30.3 Å². The predicted molar refractivity (Wildman–Crippen MR) is 75.7 cm³/mol. The molecule has 3 rings (SSSR count). The van der Waals surface area contributed by atoms with Gasteiger partial charge in [0, 0.05) is 12.7 Å². The Morgan fingerprint density at radius 2 is 2.17 bits per heavy atom. The smallest absolute Gasteiger partial charge is 0.0780 e. The minimum atomic E-state index is 0.368. The van der Waals surface area contributed by atoms with Gasteiger partial charge in [0.1, 0.15) is 0 Å². The monoisotopic (exact) mass is 311 g/mol. The fourth-order valence-corrected chi connectivity index (χ4v) is 3.70. The van der Waals surface area contributed by atoms with Crippen molar-refractivity contribution in [2.24, 2.45) is 0 Å². The standard InChI is InChI=1S/C13H18BrN3O/c14-9-7-16-8-10(15)13(9)17-5-6-18-12-4-2-1-3-11(12)17/h7-8,11-12H,1-6,15H2. The molecule has 98 valence electrons. The number of aromatic nitrogens is 1. The summed E-state index contributed by atoms with van der Waals surface area (Å²) in [5.74, 6) is 0. The minimum Gasteiger partial charge on any atom is -0.396 e. The number of nitrogens with zero attached hydrogens (tertiary/aromatic N) is 2. The average molecular weight is 312 g/mol. The molecule has 0 spiro atoms. The highest BCUT2D eigenvalue weighted by Gasteiger charge is 2.35. The van der Waals surface area contributed by atoms with Gasteiger partial charge in [-0.15, -0.1) is 0 Å². The van der Waals surface area contributed by atoms with Gasteiger partial charge in [-0.1, -0.05) is 12.8 Å². The highest BCUT2D eigenvalue weighted by molar-refractivity contribution is 9.10. The van der Waals surface area contributed by atoms with E-state index in [-0.39, 0.29) is 0 Å². The second kappa shape index (κ2) is 5.05. The van der Waals surface area contributed by atoms with E-state index >= 15 is 0 Å². The Morgan fingerprint density at radius 3 is 3.00 bits per heavy atom. The summed E-state index contributed by atoms with van der Waals surface area (Å²) < 4.78 is 6.88. The van der Waals surface area contributed by atoms with Crippen molar-refractivity contribution in [3.8, 4) is 0 Å². The van der Waals surface area contributed by atoms with E-state index in [0.29, 0.717) is 12.1 Å². The van der Waals surface area contributed by atoms with E-state index in [9.17, 15) is 0 Å². The van der Waals surface area contributed by atoms with Gasteiger partial charge in [0.2, 0.25) is 0 Å². The lowest BCUT2D eigenvalue weighted by Crippen LogP contribution is -2.53. The number of nitrogen functional groups attached to an aromatic ring is 1. The van der Waals surface area contributed by atoms with Gasteiger partial charge in [0.25, 0.3) is 0 Å².